The van der Waals surface area contributed by atoms with Crippen molar-refractivity contribution in [1.82, 2.24) is 15.1 Å². The third-order valence-corrected chi connectivity index (χ3v) is 2.14. The topological polar surface area (TPSA) is 87.1 Å². The number of ether oxygens (including phenoxy) is 1. The molecular formula is C10H13ClN4O2. The Hall–Kier alpha value is -1.50. The maximum Gasteiger partial charge on any atom is 0.257 e. The number of nitrogens with zero attached hydrogens (tertiary/aromatic N) is 3. The Kier molecular flexibility index (Phi) is 5.02. The van der Waals surface area contributed by atoms with E-state index in [1.54, 1.807) is 19.5 Å². The summed E-state index contributed by atoms with van der Waals surface area (Å²) in [7, 11) is 1.55. The first-order valence-corrected chi connectivity index (χ1v) is 4.82. The van der Waals surface area contributed by atoms with Crippen molar-refractivity contribution in [3.8, 4) is 11.4 Å². The van der Waals surface area contributed by atoms with Crippen LogP contribution in [-0.4, -0.2) is 28.8 Å². The normalized spacial score (nSPS) is 11.9. The highest BCUT2D eigenvalue weighted by molar-refractivity contribution is 5.85. The Morgan fingerprint density at radius 2 is 2.35 bits per heavy atom. The quantitative estimate of drug-likeness (QED) is 0.884. The van der Waals surface area contributed by atoms with Gasteiger partial charge in [-0.05, 0) is 12.1 Å². The van der Waals surface area contributed by atoms with E-state index in [0.717, 1.165) is 5.56 Å². The van der Waals surface area contributed by atoms with Gasteiger partial charge in [0.2, 0.25) is 5.82 Å². The van der Waals surface area contributed by atoms with Crippen molar-refractivity contribution in [2.45, 2.75) is 6.10 Å². The van der Waals surface area contributed by atoms with E-state index in [1.165, 1.54) is 0 Å². The van der Waals surface area contributed by atoms with E-state index in [0.29, 0.717) is 18.3 Å². The zero-order valence-electron chi connectivity index (χ0n) is 9.24. The predicted octanol–water partition coefficient (Wildman–Crippen LogP) is 1.20. The average molecular weight is 257 g/mol. The van der Waals surface area contributed by atoms with Gasteiger partial charge in [0.05, 0.1) is 0 Å². The lowest BCUT2D eigenvalue weighted by Gasteiger charge is -2.05. The third-order valence-electron chi connectivity index (χ3n) is 2.14. The van der Waals surface area contributed by atoms with E-state index in [9.17, 15) is 0 Å². The average Bonchev–Trinajstić information content (AvgIpc) is 2.81. The highest BCUT2D eigenvalue weighted by atomic mass is 35.5. The molecule has 2 aromatic heterocycles. The van der Waals surface area contributed by atoms with Crippen LogP contribution in [0, 0.1) is 0 Å². The molecule has 1 unspecified atom stereocenters. The molecule has 2 heterocycles. The van der Waals surface area contributed by atoms with Crippen LogP contribution in [0.1, 0.15) is 12.0 Å². The van der Waals surface area contributed by atoms with Crippen molar-refractivity contribution in [2.24, 2.45) is 5.73 Å². The third kappa shape index (κ3) is 3.00. The largest absolute Gasteiger partial charge is 0.370 e. The second-order valence-corrected chi connectivity index (χ2v) is 3.16. The second-order valence-electron chi connectivity index (χ2n) is 3.16. The van der Waals surface area contributed by atoms with Crippen LogP contribution in [-0.2, 0) is 4.74 Å². The molecule has 0 radical (unpaired) electrons. The van der Waals surface area contributed by atoms with Crippen LogP contribution in [0.4, 0.5) is 0 Å². The Balaban J connectivity index is 0.00000144. The molecule has 2 rings (SSSR count). The molecule has 2 aromatic rings. The fourth-order valence-corrected chi connectivity index (χ4v) is 1.28. The molecular weight excluding hydrogens is 244 g/mol. The van der Waals surface area contributed by atoms with E-state index in [1.807, 2.05) is 12.1 Å². The summed E-state index contributed by atoms with van der Waals surface area (Å²) < 4.78 is 10.2. The van der Waals surface area contributed by atoms with Crippen LogP contribution in [0.5, 0.6) is 0 Å². The van der Waals surface area contributed by atoms with Crippen LogP contribution in [0.3, 0.4) is 0 Å². The zero-order chi connectivity index (χ0) is 11.4. The fraction of sp³-hybridized carbons (Fsp3) is 0.300. The molecule has 0 bridgehead atoms. The Bertz CT molecular complexity index is 445. The van der Waals surface area contributed by atoms with Gasteiger partial charge in [0.25, 0.3) is 5.89 Å². The van der Waals surface area contributed by atoms with E-state index in [4.69, 9.17) is 15.0 Å². The monoisotopic (exact) mass is 256 g/mol. The van der Waals surface area contributed by atoms with Gasteiger partial charge in [-0.2, -0.15) is 4.98 Å². The van der Waals surface area contributed by atoms with Gasteiger partial charge in [-0.25, -0.2) is 0 Å². The van der Waals surface area contributed by atoms with Gasteiger partial charge < -0.3 is 15.0 Å². The molecule has 0 amide bonds. The highest BCUT2D eigenvalue weighted by Crippen LogP contribution is 2.18. The Morgan fingerprint density at radius 1 is 1.53 bits per heavy atom. The summed E-state index contributed by atoms with van der Waals surface area (Å²) in [5.41, 5.74) is 6.29. The zero-order valence-corrected chi connectivity index (χ0v) is 10.1. The fourth-order valence-electron chi connectivity index (χ4n) is 1.28. The van der Waals surface area contributed by atoms with Gasteiger partial charge in [-0.15, -0.1) is 12.4 Å². The lowest BCUT2D eigenvalue weighted by molar-refractivity contribution is 0.0804. The van der Waals surface area contributed by atoms with Crippen molar-refractivity contribution in [2.75, 3.05) is 13.7 Å². The van der Waals surface area contributed by atoms with Gasteiger partial charge in [0.15, 0.2) is 0 Å². The lowest BCUT2D eigenvalue weighted by Crippen LogP contribution is -2.14. The molecule has 7 heteroatoms. The molecule has 0 aliphatic carbocycles. The van der Waals surface area contributed by atoms with E-state index in [-0.39, 0.29) is 18.5 Å². The van der Waals surface area contributed by atoms with Crippen LogP contribution in [0.2, 0.25) is 0 Å². The molecule has 0 aliphatic rings. The maximum atomic E-state index is 5.50. The Morgan fingerprint density at radius 3 is 2.94 bits per heavy atom. The molecule has 17 heavy (non-hydrogen) atoms. The minimum Gasteiger partial charge on any atom is -0.370 e. The van der Waals surface area contributed by atoms with Gasteiger partial charge >= 0.3 is 0 Å². The summed E-state index contributed by atoms with van der Waals surface area (Å²) in [4.78, 5) is 8.18. The summed E-state index contributed by atoms with van der Waals surface area (Å²) in [5.74, 6) is 0.863. The first-order chi connectivity index (χ1) is 7.85. The number of halogens is 1. The molecule has 92 valence electrons. The minimum absolute atomic E-state index is 0. The number of pyridine rings is 1. The summed E-state index contributed by atoms with van der Waals surface area (Å²) >= 11 is 0. The Labute approximate surface area is 105 Å². The van der Waals surface area contributed by atoms with Gasteiger partial charge in [-0.1, -0.05) is 5.16 Å². The minimum atomic E-state index is -0.363. The SMILES string of the molecule is COC(CN)c1nc(-c2cccnc2)no1.Cl. The molecule has 6 nitrogen and oxygen atoms in total. The summed E-state index contributed by atoms with van der Waals surface area (Å²) in [6, 6.07) is 3.66. The van der Waals surface area contributed by atoms with Gasteiger partial charge in [-0.3, -0.25) is 4.98 Å². The highest BCUT2D eigenvalue weighted by Gasteiger charge is 2.17. The van der Waals surface area contributed by atoms with Crippen LogP contribution >= 0.6 is 12.4 Å². The van der Waals surface area contributed by atoms with Crippen molar-refractivity contribution < 1.29 is 9.26 Å². The number of rotatable bonds is 4. The van der Waals surface area contributed by atoms with Gasteiger partial charge in [0.1, 0.15) is 6.10 Å². The maximum absolute atomic E-state index is 5.50. The number of aromatic nitrogens is 3. The number of nitrogens with two attached hydrogens (primary N) is 1. The smallest absolute Gasteiger partial charge is 0.257 e. The van der Waals surface area contributed by atoms with Crippen molar-refractivity contribution >= 4 is 12.4 Å². The molecule has 2 N–H and O–H groups in total. The van der Waals surface area contributed by atoms with Crippen molar-refractivity contribution in [3.63, 3.8) is 0 Å². The predicted molar refractivity (Wildman–Crippen MR) is 63.6 cm³/mol. The molecule has 0 aliphatic heterocycles. The molecule has 0 saturated heterocycles. The standard InChI is InChI=1S/C10H12N4O2.ClH/c1-15-8(5-11)10-13-9(14-16-10)7-3-2-4-12-6-7;/h2-4,6,8H,5,11H2,1H3;1H. The second kappa shape index (κ2) is 6.29. The van der Waals surface area contributed by atoms with Crippen molar-refractivity contribution in [3.05, 3.63) is 30.4 Å². The summed E-state index contributed by atoms with van der Waals surface area (Å²) in [6.45, 7) is 0.297. The van der Waals surface area contributed by atoms with E-state index < -0.39 is 0 Å². The number of hydrogen-bond acceptors (Lipinski definition) is 6. The van der Waals surface area contributed by atoms with E-state index in [2.05, 4.69) is 15.1 Å². The number of methoxy groups -OCH3 is 1. The van der Waals surface area contributed by atoms with Crippen LogP contribution in [0.25, 0.3) is 11.4 Å². The lowest BCUT2D eigenvalue weighted by atomic mass is 10.3. The first-order valence-electron chi connectivity index (χ1n) is 4.82. The summed E-state index contributed by atoms with van der Waals surface area (Å²) in [6.07, 6.45) is 2.99. The molecule has 0 fully saturated rings. The van der Waals surface area contributed by atoms with E-state index >= 15 is 0 Å². The molecule has 0 aromatic carbocycles. The van der Waals surface area contributed by atoms with Crippen molar-refractivity contribution in [1.29, 1.82) is 0 Å². The molecule has 1 atom stereocenters. The van der Waals surface area contributed by atoms with Crippen LogP contribution < -0.4 is 5.73 Å². The number of hydrogen-bond donors (Lipinski definition) is 1. The van der Waals surface area contributed by atoms with Gasteiger partial charge in [0, 0.05) is 31.6 Å². The first kappa shape index (κ1) is 13.6. The molecule has 0 saturated carbocycles. The molecule has 0 spiro atoms. The summed E-state index contributed by atoms with van der Waals surface area (Å²) in [5, 5.41) is 3.84. The van der Waals surface area contributed by atoms with Crippen LogP contribution in [0.15, 0.2) is 29.0 Å².